The number of nitrogens with two attached hydrogens (primary N) is 1. The summed E-state index contributed by atoms with van der Waals surface area (Å²) in [4.78, 5) is 0. The number of benzene rings is 1. The molecule has 0 aromatic heterocycles. The molecule has 1 heterocycles. The first-order valence-electron chi connectivity index (χ1n) is 6.37. The zero-order valence-corrected chi connectivity index (χ0v) is 11.3. The fraction of sp³-hybridized carbons (Fsp3) is 0.571. The molecule has 1 fully saturated rings. The van der Waals surface area contributed by atoms with Crippen molar-refractivity contribution in [3.8, 4) is 11.5 Å². The third-order valence-corrected chi connectivity index (χ3v) is 4.34. The van der Waals surface area contributed by atoms with Gasteiger partial charge in [0.25, 0.3) is 0 Å². The maximum absolute atomic E-state index is 5.99. The van der Waals surface area contributed by atoms with Crippen LogP contribution in [0.3, 0.4) is 0 Å². The molecule has 0 atom stereocenters. The van der Waals surface area contributed by atoms with Crippen molar-refractivity contribution in [3.63, 3.8) is 0 Å². The van der Waals surface area contributed by atoms with E-state index in [2.05, 4.69) is 6.07 Å². The second kappa shape index (κ2) is 4.37. The number of methoxy groups -OCH3 is 2. The third-order valence-electron chi connectivity index (χ3n) is 4.34. The fourth-order valence-corrected chi connectivity index (χ4v) is 3.04. The summed E-state index contributed by atoms with van der Waals surface area (Å²) >= 11 is 0. The van der Waals surface area contributed by atoms with Crippen molar-refractivity contribution in [1.82, 2.24) is 0 Å². The van der Waals surface area contributed by atoms with Crippen LogP contribution in [0.5, 0.6) is 11.5 Å². The van der Waals surface area contributed by atoms with Crippen LogP contribution in [-0.2, 0) is 14.9 Å². The van der Waals surface area contributed by atoms with Gasteiger partial charge in [-0.05, 0) is 17.7 Å². The maximum Gasteiger partial charge on any atom is 0.231 e. The molecular weight excluding hydrogens is 246 g/mol. The molecule has 0 bridgehead atoms. The van der Waals surface area contributed by atoms with Crippen LogP contribution in [-0.4, -0.2) is 33.3 Å². The average Bonchev–Trinajstić information content (AvgIpc) is 2.87. The van der Waals surface area contributed by atoms with Gasteiger partial charge in [-0.1, -0.05) is 6.07 Å². The molecule has 0 amide bonds. The van der Waals surface area contributed by atoms with E-state index in [1.54, 1.807) is 14.2 Å². The van der Waals surface area contributed by atoms with E-state index in [9.17, 15) is 0 Å². The third kappa shape index (κ3) is 1.81. The summed E-state index contributed by atoms with van der Waals surface area (Å²) in [6.07, 6.45) is 1.51. The lowest BCUT2D eigenvalue weighted by atomic mass is 9.60. The van der Waals surface area contributed by atoms with Crippen molar-refractivity contribution in [2.45, 2.75) is 24.0 Å². The van der Waals surface area contributed by atoms with Gasteiger partial charge in [0.1, 0.15) is 0 Å². The van der Waals surface area contributed by atoms with Gasteiger partial charge in [0.05, 0.1) is 0 Å². The summed E-state index contributed by atoms with van der Waals surface area (Å²) in [5.74, 6) is 1.08. The molecule has 19 heavy (non-hydrogen) atoms. The van der Waals surface area contributed by atoms with E-state index in [4.69, 9.17) is 24.7 Å². The lowest BCUT2D eigenvalue weighted by Gasteiger charge is -2.54. The quantitative estimate of drug-likeness (QED) is 0.834. The molecule has 2 N–H and O–H groups in total. The number of ether oxygens (including phenoxy) is 4. The zero-order valence-electron chi connectivity index (χ0n) is 11.3. The largest absolute Gasteiger partial charge is 0.454 e. The van der Waals surface area contributed by atoms with Gasteiger partial charge in [0.15, 0.2) is 17.3 Å². The normalized spacial score (nSPS) is 22.1. The van der Waals surface area contributed by atoms with Gasteiger partial charge in [0, 0.05) is 39.0 Å². The monoisotopic (exact) mass is 265 g/mol. The highest BCUT2D eigenvalue weighted by molar-refractivity contribution is 5.47. The zero-order chi connectivity index (χ0) is 13.5. The van der Waals surface area contributed by atoms with Crippen LogP contribution >= 0.6 is 0 Å². The molecule has 1 aliphatic heterocycles. The molecule has 0 spiro atoms. The summed E-state index contributed by atoms with van der Waals surface area (Å²) < 4.78 is 21.7. The van der Waals surface area contributed by atoms with Crippen LogP contribution in [0.25, 0.3) is 0 Å². The van der Waals surface area contributed by atoms with Crippen molar-refractivity contribution >= 4 is 0 Å². The molecule has 1 saturated carbocycles. The number of fused-ring (bicyclic) bond motifs is 1. The molecule has 1 aromatic carbocycles. The Bertz CT molecular complexity index is 476. The Hall–Kier alpha value is -1.30. The minimum Gasteiger partial charge on any atom is -0.454 e. The lowest BCUT2D eigenvalue weighted by Crippen LogP contribution is -2.60. The topological polar surface area (TPSA) is 62.9 Å². The molecule has 0 unspecified atom stereocenters. The van der Waals surface area contributed by atoms with Crippen LogP contribution in [0.4, 0.5) is 0 Å². The first kappa shape index (κ1) is 12.7. The highest BCUT2D eigenvalue weighted by Gasteiger charge is 2.56. The summed E-state index contributed by atoms with van der Waals surface area (Å²) in [5.41, 5.74) is 7.05. The maximum atomic E-state index is 5.99. The average molecular weight is 265 g/mol. The first-order chi connectivity index (χ1) is 9.17. The van der Waals surface area contributed by atoms with Crippen LogP contribution < -0.4 is 15.2 Å². The first-order valence-corrected chi connectivity index (χ1v) is 6.37. The van der Waals surface area contributed by atoms with Gasteiger partial charge in [-0.25, -0.2) is 0 Å². The molecule has 5 heteroatoms. The molecular formula is C14H19NO4. The molecule has 1 aliphatic carbocycles. The molecule has 104 valence electrons. The van der Waals surface area contributed by atoms with E-state index < -0.39 is 5.79 Å². The highest BCUT2D eigenvalue weighted by atomic mass is 16.7. The molecule has 1 aromatic rings. The molecule has 0 radical (unpaired) electrons. The minimum atomic E-state index is -0.504. The smallest absolute Gasteiger partial charge is 0.231 e. The predicted molar refractivity (Wildman–Crippen MR) is 69.3 cm³/mol. The van der Waals surface area contributed by atoms with E-state index in [1.807, 2.05) is 12.1 Å². The van der Waals surface area contributed by atoms with Gasteiger partial charge < -0.3 is 24.7 Å². The summed E-state index contributed by atoms with van der Waals surface area (Å²) in [6.45, 7) is 0.843. The van der Waals surface area contributed by atoms with Crippen molar-refractivity contribution in [3.05, 3.63) is 23.8 Å². The Kier molecular flexibility index (Phi) is 2.92. The Morgan fingerprint density at radius 1 is 1.16 bits per heavy atom. The summed E-state index contributed by atoms with van der Waals surface area (Å²) in [7, 11) is 3.34. The Morgan fingerprint density at radius 3 is 2.47 bits per heavy atom. The lowest BCUT2D eigenvalue weighted by molar-refractivity contribution is -0.277. The second-order valence-electron chi connectivity index (χ2n) is 5.22. The second-order valence-corrected chi connectivity index (χ2v) is 5.22. The molecule has 5 nitrogen and oxygen atoms in total. The van der Waals surface area contributed by atoms with Gasteiger partial charge in [-0.3, -0.25) is 0 Å². The van der Waals surface area contributed by atoms with Crippen LogP contribution in [0, 0.1) is 0 Å². The van der Waals surface area contributed by atoms with Gasteiger partial charge in [-0.2, -0.15) is 0 Å². The van der Waals surface area contributed by atoms with Crippen LogP contribution in [0.2, 0.25) is 0 Å². The van der Waals surface area contributed by atoms with Crippen molar-refractivity contribution < 1.29 is 18.9 Å². The fourth-order valence-electron chi connectivity index (χ4n) is 3.04. The van der Waals surface area contributed by atoms with Gasteiger partial charge in [0.2, 0.25) is 6.79 Å². The van der Waals surface area contributed by atoms with Crippen molar-refractivity contribution in [2.75, 3.05) is 27.6 Å². The van der Waals surface area contributed by atoms with E-state index in [-0.39, 0.29) is 12.2 Å². The van der Waals surface area contributed by atoms with E-state index in [0.29, 0.717) is 6.54 Å². The summed E-state index contributed by atoms with van der Waals surface area (Å²) in [6, 6.07) is 6.01. The molecule has 3 rings (SSSR count). The van der Waals surface area contributed by atoms with E-state index in [1.165, 1.54) is 0 Å². The number of rotatable bonds is 4. The SMILES string of the molecule is COC1(OC)CC(CN)(c2ccc3c(c2)OCO3)C1. The van der Waals surface area contributed by atoms with Crippen LogP contribution in [0.1, 0.15) is 18.4 Å². The Morgan fingerprint density at radius 2 is 1.84 bits per heavy atom. The van der Waals surface area contributed by atoms with Crippen molar-refractivity contribution in [2.24, 2.45) is 5.73 Å². The predicted octanol–water partition coefficient (Wildman–Crippen LogP) is 1.39. The Balaban J connectivity index is 1.88. The van der Waals surface area contributed by atoms with Gasteiger partial charge in [-0.15, -0.1) is 0 Å². The molecule has 0 saturated heterocycles. The summed E-state index contributed by atoms with van der Waals surface area (Å²) in [5, 5.41) is 0. The van der Waals surface area contributed by atoms with E-state index in [0.717, 1.165) is 29.9 Å². The Labute approximate surface area is 112 Å². The van der Waals surface area contributed by atoms with Crippen LogP contribution in [0.15, 0.2) is 18.2 Å². The van der Waals surface area contributed by atoms with Crippen molar-refractivity contribution in [1.29, 1.82) is 0 Å². The van der Waals surface area contributed by atoms with E-state index >= 15 is 0 Å². The molecule has 2 aliphatic rings. The number of hydrogen-bond acceptors (Lipinski definition) is 5. The standard InChI is InChI=1S/C14H19NO4/c1-16-14(17-2)6-13(7-14,8-15)10-3-4-11-12(5-10)19-9-18-11/h3-5H,6-9,15H2,1-2H3. The van der Waals surface area contributed by atoms with Gasteiger partial charge >= 0.3 is 0 Å². The minimum absolute atomic E-state index is 0.104. The number of hydrogen-bond donors (Lipinski definition) is 1. The highest BCUT2D eigenvalue weighted by Crippen LogP contribution is 2.53.